The number of nitrogens with one attached hydrogen (secondary N) is 2. The highest BCUT2D eigenvalue weighted by atomic mass is 32.2. The molecule has 4 rings (SSSR count). The van der Waals surface area contributed by atoms with Gasteiger partial charge in [-0.3, -0.25) is 9.59 Å². The molecule has 7 nitrogen and oxygen atoms in total. The summed E-state index contributed by atoms with van der Waals surface area (Å²) in [4.78, 5) is 24.5. The molecule has 1 unspecified atom stereocenters. The van der Waals surface area contributed by atoms with E-state index < -0.39 is 15.6 Å². The fraction of sp³-hybridized carbons (Fsp3) is 0.583. The van der Waals surface area contributed by atoms with Crippen LogP contribution in [0.15, 0.2) is 41.8 Å². The van der Waals surface area contributed by atoms with Crippen LogP contribution in [0.25, 0.3) is 0 Å². The molecule has 2 aliphatic carbocycles. The van der Waals surface area contributed by atoms with E-state index in [1.165, 1.54) is 12.5 Å². The number of hydrogen-bond donors (Lipinski definition) is 2. The summed E-state index contributed by atoms with van der Waals surface area (Å²) in [6, 6.07) is 6.47. The Balaban J connectivity index is 1.46. The second-order valence-corrected chi connectivity index (χ2v) is 11.3. The summed E-state index contributed by atoms with van der Waals surface area (Å²) in [7, 11) is -3.69. The quantitative estimate of drug-likeness (QED) is 0.639. The molecule has 1 aromatic carbocycles. The zero-order chi connectivity index (χ0) is 22.8. The SMILES string of the molecule is C=CC(=O)NC1CCN(S(=O)(=O)c2ccc(C(=O)NC3CCCCC3)cc2)C2(CCC2)C1. The van der Waals surface area contributed by atoms with Gasteiger partial charge in [-0.05, 0) is 75.3 Å². The first-order chi connectivity index (χ1) is 15.3. The van der Waals surface area contributed by atoms with E-state index in [2.05, 4.69) is 17.2 Å². The highest BCUT2D eigenvalue weighted by Gasteiger charge is 2.51. The van der Waals surface area contributed by atoms with Crippen molar-refractivity contribution in [2.75, 3.05) is 6.54 Å². The number of amides is 2. The van der Waals surface area contributed by atoms with E-state index in [0.717, 1.165) is 44.9 Å². The number of piperidine rings is 1. The molecule has 0 radical (unpaired) electrons. The predicted molar refractivity (Wildman–Crippen MR) is 123 cm³/mol. The summed E-state index contributed by atoms with van der Waals surface area (Å²) in [5, 5.41) is 6.01. The number of benzene rings is 1. The van der Waals surface area contributed by atoms with Crippen LogP contribution in [0, 0.1) is 0 Å². The lowest BCUT2D eigenvalue weighted by Gasteiger charge is -2.54. The number of rotatable bonds is 6. The highest BCUT2D eigenvalue weighted by molar-refractivity contribution is 7.89. The molecular weight excluding hydrogens is 426 g/mol. The van der Waals surface area contributed by atoms with Gasteiger partial charge < -0.3 is 10.6 Å². The van der Waals surface area contributed by atoms with Gasteiger partial charge in [0.2, 0.25) is 15.9 Å². The molecule has 0 bridgehead atoms. The second-order valence-electron chi connectivity index (χ2n) is 9.39. The molecule has 32 heavy (non-hydrogen) atoms. The van der Waals surface area contributed by atoms with E-state index in [4.69, 9.17) is 0 Å². The summed E-state index contributed by atoms with van der Waals surface area (Å²) in [6.45, 7) is 3.87. The summed E-state index contributed by atoms with van der Waals surface area (Å²) < 4.78 is 28.6. The Kier molecular flexibility index (Phi) is 6.72. The molecule has 174 valence electrons. The molecule has 0 aromatic heterocycles. The van der Waals surface area contributed by atoms with Crippen LogP contribution in [-0.2, 0) is 14.8 Å². The van der Waals surface area contributed by atoms with Crippen LogP contribution in [0.3, 0.4) is 0 Å². The first kappa shape index (κ1) is 23.0. The van der Waals surface area contributed by atoms with Gasteiger partial charge in [-0.2, -0.15) is 4.31 Å². The molecule has 1 spiro atoms. The average Bonchev–Trinajstić information content (AvgIpc) is 2.78. The summed E-state index contributed by atoms with van der Waals surface area (Å²) >= 11 is 0. The van der Waals surface area contributed by atoms with Crippen molar-refractivity contribution < 1.29 is 18.0 Å². The van der Waals surface area contributed by atoms with Crippen molar-refractivity contribution in [3.8, 4) is 0 Å². The zero-order valence-corrected chi connectivity index (χ0v) is 19.3. The number of sulfonamides is 1. The topological polar surface area (TPSA) is 95.6 Å². The average molecular weight is 460 g/mol. The normalized spacial score (nSPS) is 23.8. The van der Waals surface area contributed by atoms with Crippen molar-refractivity contribution in [2.45, 2.75) is 86.7 Å². The smallest absolute Gasteiger partial charge is 0.251 e. The third-order valence-electron chi connectivity index (χ3n) is 7.30. The largest absolute Gasteiger partial charge is 0.350 e. The Morgan fingerprint density at radius 3 is 2.25 bits per heavy atom. The van der Waals surface area contributed by atoms with Crippen LogP contribution in [0.5, 0.6) is 0 Å². The second kappa shape index (κ2) is 9.35. The van der Waals surface area contributed by atoms with Crippen molar-refractivity contribution in [3.63, 3.8) is 0 Å². The molecule has 8 heteroatoms. The number of nitrogens with zero attached hydrogens (tertiary/aromatic N) is 1. The Labute approximate surface area is 190 Å². The third-order valence-corrected chi connectivity index (χ3v) is 9.32. The van der Waals surface area contributed by atoms with E-state index in [1.807, 2.05) is 0 Å². The van der Waals surface area contributed by atoms with Gasteiger partial charge in [0.1, 0.15) is 0 Å². The summed E-state index contributed by atoms with van der Waals surface area (Å²) in [6.07, 6.45) is 10.5. The number of hydrogen-bond acceptors (Lipinski definition) is 4. The molecule has 3 fully saturated rings. The van der Waals surface area contributed by atoms with E-state index in [0.29, 0.717) is 24.9 Å². The minimum Gasteiger partial charge on any atom is -0.350 e. The van der Waals surface area contributed by atoms with Crippen molar-refractivity contribution in [1.29, 1.82) is 0 Å². The van der Waals surface area contributed by atoms with Gasteiger partial charge in [0.05, 0.1) is 4.90 Å². The first-order valence-corrected chi connectivity index (χ1v) is 13.1. The molecule has 1 atom stereocenters. The number of carbonyl (C=O) groups is 2. The van der Waals surface area contributed by atoms with Crippen molar-refractivity contribution in [2.24, 2.45) is 0 Å². The lowest BCUT2D eigenvalue weighted by atomic mass is 9.70. The van der Waals surface area contributed by atoms with Crippen LogP contribution in [0.1, 0.15) is 74.6 Å². The van der Waals surface area contributed by atoms with Crippen LogP contribution >= 0.6 is 0 Å². The standard InChI is InChI=1S/C24H33N3O4S/c1-2-22(28)25-20-13-16-27(24(17-20)14-6-15-24)32(30,31)21-11-9-18(10-12-21)23(29)26-19-7-4-3-5-8-19/h2,9-12,19-20H,1,3-8,13-17H2,(H,25,28)(H,26,29). The lowest BCUT2D eigenvalue weighted by Crippen LogP contribution is -2.63. The maximum absolute atomic E-state index is 13.5. The summed E-state index contributed by atoms with van der Waals surface area (Å²) in [5.74, 6) is -0.363. The molecule has 1 aromatic rings. The van der Waals surface area contributed by atoms with E-state index in [9.17, 15) is 18.0 Å². The Bertz CT molecular complexity index is 963. The molecule has 1 saturated heterocycles. The minimum atomic E-state index is -3.69. The van der Waals surface area contributed by atoms with Gasteiger partial charge >= 0.3 is 0 Å². The van der Waals surface area contributed by atoms with Crippen molar-refractivity contribution in [3.05, 3.63) is 42.5 Å². The fourth-order valence-electron chi connectivity index (χ4n) is 5.39. The minimum absolute atomic E-state index is 0.0434. The molecular formula is C24H33N3O4S. The van der Waals surface area contributed by atoms with Gasteiger partial charge in [0.15, 0.2) is 0 Å². The van der Waals surface area contributed by atoms with E-state index in [1.54, 1.807) is 28.6 Å². The molecule has 2 saturated carbocycles. The van der Waals surface area contributed by atoms with Crippen LogP contribution < -0.4 is 10.6 Å². The van der Waals surface area contributed by atoms with Crippen LogP contribution in [-0.4, -0.2) is 48.7 Å². The van der Waals surface area contributed by atoms with Gasteiger partial charge in [0.25, 0.3) is 5.91 Å². The molecule has 1 heterocycles. The monoisotopic (exact) mass is 459 g/mol. The van der Waals surface area contributed by atoms with Crippen LogP contribution in [0.2, 0.25) is 0 Å². The number of carbonyl (C=O) groups excluding carboxylic acids is 2. The lowest BCUT2D eigenvalue weighted by molar-refractivity contribution is -0.117. The maximum atomic E-state index is 13.5. The Hall–Kier alpha value is -2.19. The Morgan fingerprint density at radius 1 is 0.969 bits per heavy atom. The molecule has 1 aliphatic heterocycles. The zero-order valence-electron chi connectivity index (χ0n) is 18.5. The first-order valence-electron chi connectivity index (χ1n) is 11.7. The maximum Gasteiger partial charge on any atom is 0.251 e. The predicted octanol–water partition coefficient (Wildman–Crippen LogP) is 3.13. The Morgan fingerprint density at radius 2 is 1.66 bits per heavy atom. The fourth-order valence-corrected chi connectivity index (χ4v) is 7.24. The van der Waals surface area contributed by atoms with Crippen molar-refractivity contribution >= 4 is 21.8 Å². The third kappa shape index (κ3) is 4.62. The molecule has 2 N–H and O–H groups in total. The van der Waals surface area contributed by atoms with E-state index >= 15 is 0 Å². The van der Waals surface area contributed by atoms with Gasteiger partial charge in [0, 0.05) is 29.7 Å². The van der Waals surface area contributed by atoms with Crippen molar-refractivity contribution in [1.82, 2.24) is 14.9 Å². The van der Waals surface area contributed by atoms with Gasteiger partial charge in [-0.15, -0.1) is 0 Å². The highest BCUT2D eigenvalue weighted by Crippen LogP contribution is 2.46. The summed E-state index contributed by atoms with van der Waals surface area (Å²) in [5.41, 5.74) is 0.0477. The van der Waals surface area contributed by atoms with Gasteiger partial charge in [-0.25, -0.2) is 8.42 Å². The molecule has 3 aliphatic rings. The molecule has 2 amide bonds. The van der Waals surface area contributed by atoms with E-state index in [-0.39, 0.29) is 28.8 Å². The van der Waals surface area contributed by atoms with Crippen LogP contribution in [0.4, 0.5) is 0 Å². The van der Waals surface area contributed by atoms with Gasteiger partial charge in [-0.1, -0.05) is 25.8 Å².